The van der Waals surface area contributed by atoms with Crippen LogP contribution in [0.25, 0.3) is 0 Å². The van der Waals surface area contributed by atoms with Gasteiger partial charge in [-0.25, -0.2) is 8.42 Å². The first-order valence-corrected chi connectivity index (χ1v) is 9.81. The van der Waals surface area contributed by atoms with Crippen LogP contribution in [0.5, 0.6) is 5.75 Å². The summed E-state index contributed by atoms with van der Waals surface area (Å²) < 4.78 is 30.2. The second kappa shape index (κ2) is 8.08. The van der Waals surface area contributed by atoms with Crippen LogP contribution in [-0.2, 0) is 20.4 Å². The zero-order chi connectivity index (χ0) is 18.6. The highest BCUT2D eigenvalue weighted by atomic mass is 35.5. The molecule has 0 saturated carbocycles. The third kappa shape index (κ3) is 4.87. The van der Waals surface area contributed by atoms with Gasteiger partial charge in [-0.1, -0.05) is 41.4 Å². The molecule has 0 fully saturated rings. The van der Waals surface area contributed by atoms with Crippen molar-refractivity contribution in [1.82, 2.24) is 0 Å². The quantitative estimate of drug-likeness (QED) is 0.795. The summed E-state index contributed by atoms with van der Waals surface area (Å²) in [7, 11) is -2.30. The number of rotatable bonds is 6. The third-order valence-electron chi connectivity index (χ3n) is 3.64. The van der Waals surface area contributed by atoms with E-state index in [2.05, 4.69) is 5.32 Å². The van der Waals surface area contributed by atoms with Crippen LogP contribution in [0.1, 0.15) is 12.5 Å². The average Bonchev–Trinajstić information content (AvgIpc) is 2.57. The van der Waals surface area contributed by atoms with Gasteiger partial charge >= 0.3 is 0 Å². The summed E-state index contributed by atoms with van der Waals surface area (Å²) >= 11 is 11.8. The number of carbonyl (C=O) groups is 1. The van der Waals surface area contributed by atoms with Gasteiger partial charge in [-0.15, -0.1) is 0 Å². The average molecular weight is 402 g/mol. The topological polar surface area (TPSA) is 72.5 Å². The highest BCUT2D eigenvalue weighted by molar-refractivity contribution is 7.92. The number of hydrogen-bond acceptors (Lipinski definition) is 4. The minimum Gasteiger partial charge on any atom is -0.495 e. The number of nitrogens with one attached hydrogen (secondary N) is 1. The molecule has 0 radical (unpaired) electrons. The van der Waals surface area contributed by atoms with E-state index in [1.54, 1.807) is 30.3 Å². The Morgan fingerprint density at radius 1 is 1.20 bits per heavy atom. The molecule has 0 bridgehead atoms. The molecule has 0 aliphatic heterocycles. The van der Waals surface area contributed by atoms with Gasteiger partial charge in [-0.3, -0.25) is 4.79 Å². The van der Waals surface area contributed by atoms with Gasteiger partial charge in [0.2, 0.25) is 5.91 Å². The maximum Gasteiger partial charge on any atom is 0.242 e. The van der Waals surface area contributed by atoms with Crippen molar-refractivity contribution in [3.8, 4) is 5.75 Å². The molecule has 0 unspecified atom stereocenters. The van der Waals surface area contributed by atoms with E-state index in [4.69, 9.17) is 27.9 Å². The Morgan fingerprint density at radius 3 is 2.52 bits per heavy atom. The van der Waals surface area contributed by atoms with Crippen LogP contribution >= 0.6 is 23.2 Å². The Kier molecular flexibility index (Phi) is 6.32. The first-order valence-electron chi connectivity index (χ1n) is 7.34. The van der Waals surface area contributed by atoms with Gasteiger partial charge in [0, 0.05) is 10.0 Å². The number of anilines is 1. The van der Waals surface area contributed by atoms with Crippen molar-refractivity contribution >= 4 is 44.6 Å². The van der Waals surface area contributed by atoms with Crippen LogP contribution in [0.4, 0.5) is 5.69 Å². The number of amides is 1. The molecule has 2 aromatic carbocycles. The Labute approximate surface area is 156 Å². The van der Waals surface area contributed by atoms with Gasteiger partial charge in [0.15, 0.2) is 9.84 Å². The Balaban J connectivity index is 2.17. The van der Waals surface area contributed by atoms with Crippen LogP contribution < -0.4 is 10.1 Å². The fraction of sp³-hybridized carbons (Fsp3) is 0.235. The fourth-order valence-corrected chi connectivity index (χ4v) is 4.00. The monoisotopic (exact) mass is 401 g/mol. The molecule has 8 heteroatoms. The summed E-state index contributed by atoms with van der Waals surface area (Å²) in [6, 6.07) is 11.3. The number of sulfone groups is 1. The summed E-state index contributed by atoms with van der Waals surface area (Å²) in [6.07, 6.45) is 0. The van der Waals surface area contributed by atoms with Crippen molar-refractivity contribution in [1.29, 1.82) is 0 Å². The largest absolute Gasteiger partial charge is 0.495 e. The third-order valence-corrected chi connectivity index (χ3v) is 6.24. The lowest BCUT2D eigenvalue weighted by Crippen LogP contribution is -2.33. The Bertz CT molecular complexity index is 884. The molecule has 0 spiro atoms. The first-order chi connectivity index (χ1) is 11.7. The molecule has 0 heterocycles. The molecule has 0 aliphatic carbocycles. The van der Waals surface area contributed by atoms with Crippen LogP contribution in [0.15, 0.2) is 42.5 Å². The van der Waals surface area contributed by atoms with E-state index < -0.39 is 21.0 Å². The van der Waals surface area contributed by atoms with E-state index in [-0.39, 0.29) is 10.8 Å². The smallest absolute Gasteiger partial charge is 0.242 e. The maximum absolute atomic E-state index is 12.5. The molecule has 0 aromatic heterocycles. The molecule has 2 aromatic rings. The SMILES string of the molecule is COc1ccccc1NC(=O)[C@@H](C)S(=O)(=O)Cc1ccc(Cl)cc1Cl. The highest BCUT2D eigenvalue weighted by Crippen LogP contribution is 2.26. The van der Waals surface area contributed by atoms with Gasteiger partial charge in [-0.2, -0.15) is 0 Å². The van der Waals surface area contributed by atoms with Crippen LogP contribution in [0.3, 0.4) is 0 Å². The zero-order valence-corrected chi connectivity index (χ0v) is 16.0. The normalized spacial score (nSPS) is 12.5. The predicted molar refractivity (Wildman–Crippen MR) is 100 cm³/mol. The van der Waals surface area contributed by atoms with E-state index >= 15 is 0 Å². The molecule has 0 aliphatic rings. The van der Waals surface area contributed by atoms with Crippen molar-refractivity contribution in [2.75, 3.05) is 12.4 Å². The van der Waals surface area contributed by atoms with Crippen molar-refractivity contribution in [3.63, 3.8) is 0 Å². The molecule has 1 amide bonds. The summed E-state index contributed by atoms with van der Waals surface area (Å²) in [6.45, 7) is 1.34. The summed E-state index contributed by atoms with van der Waals surface area (Å²) in [5.41, 5.74) is 0.796. The molecule has 0 saturated heterocycles. The first kappa shape index (κ1) is 19.6. The number of carbonyl (C=O) groups excluding carboxylic acids is 1. The van der Waals surface area contributed by atoms with Crippen LogP contribution in [-0.4, -0.2) is 26.7 Å². The van der Waals surface area contributed by atoms with Gasteiger partial charge in [-0.05, 0) is 36.8 Å². The summed E-state index contributed by atoms with van der Waals surface area (Å²) in [4.78, 5) is 12.4. The lowest BCUT2D eigenvalue weighted by molar-refractivity contribution is -0.115. The molecule has 134 valence electrons. The number of benzene rings is 2. The maximum atomic E-state index is 12.5. The Hall–Kier alpha value is -1.76. The van der Waals surface area contributed by atoms with E-state index in [0.717, 1.165) is 0 Å². The number of ether oxygens (including phenoxy) is 1. The molecular weight excluding hydrogens is 385 g/mol. The molecule has 1 N–H and O–H groups in total. The summed E-state index contributed by atoms with van der Waals surface area (Å²) in [5, 5.41) is 1.97. The van der Waals surface area contributed by atoms with E-state index in [9.17, 15) is 13.2 Å². The lowest BCUT2D eigenvalue weighted by atomic mass is 10.2. The standard InChI is InChI=1S/C17H17Cl2NO4S/c1-11(17(21)20-15-5-3-4-6-16(15)24-2)25(22,23)10-12-7-8-13(18)9-14(12)19/h3-9,11H,10H2,1-2H3,(H,20,21)/t11-/m1/s1. The van der Waals surface area contributed by atoms with Crippen molar-refractivity contribution in [2.45, 2.75) is 17.9 Å². The van der Waals surface area contributed by atoms with Crippen molar-refractivity contribution in [3.05, 3.63) is 58.1 Å². The van der Waals surface area contributed by atoms with E-state index in [0.29, 0.717) is 22.0 Å². The lowest BCUT2D eigenvalue weighted by Gasteiger charge is -2.15. The molecule has 5 nitrogen and oxygen atoms in total. The summed E-state index contributed by atoms with van der Waals surface area (Å²) in [5.74, 6) is -0.556. The van der Waals surface area contributed by atoms with E-state index in [1.165, 1.54) is 26.2 Å². The van der Waals surface area contributed by atoms with Gasteiger partial charge in [0.1, 0.15) is 11.0 Å². The molecule has 2 rings (SSSR count). The minimum atomic E-state index is -3.77. The van der Waals surface area contributed by atoms with Gasteiger partial charge in [0.05, 0.1) is 18.6 Å². The second-order valence-electron chi connectivity index (χ2n) is 5.37. The molecular formula is C17H17Cl2NO4S. The molecule has 1 atom stereocenters. The highest BCUT2D eigenvalue weighted by Gasteiger charge is 2.29. The van der Waals surface area contributed by atoms with Gasteiger partial charge in [0.25, 0.3) is 0 Å². The number of hydrogen-bond donors (Lipinski definition) is 1. The van der Waals surface area contributed by atoms with Crippen molar-refractivity contribution < 1.29 is 17.9 Å². The minimum absolute atomic E-state index is 0.244. The predicted octanol–water partition coefficient (Wildman–Crippen LogP) is 3.94. The number of methoxy groups -OCH3 is 1. The molecule has 25 heavy (non-hydrogen) atoms. The van der Waals surface area contributed by atoms with Gasteiger partial charge < -0.3 is 10.1 Å². The zero-order valence-electron chi connectivity index (χ0n) is 13.6. The van der Waals surface area contributed by atoms with Crippen molar-refractivity contribution in [2.24, 2.45) is 0 Å². The fourth-order valence-electron chi connectivity index (χ4n) is 2.13. The van der Waals surface area contributed by atoms with E-state index in [1.807, 2.05) is 0 Å². The number of halogens is 2. The van der Waals surface area contributed by atoms with Crippen LogP contribution in [0, 0.1) is 0 Å². The number of para-hydroxylation sites is 2. The Morgan fingerprint density at radius 2 is 1.88 bits per heavy atom. The second-order valence-corrected chi connectivity index (χ2v) is 8.54. The van der Waals surface area contributed by atoms with Crippen LogP contribution in [0.2, 0.25) is 10.0 Å².